The van der Waals surface area contributed by atoms with Gasteiger partial charge in [-0.2, -0.15) is 5.10 Å². The molecule has 1 aliphatic rings. The Hall–Kier alpha value is -1.05. The van der Waals surface area contributed by atoms with Crippen LogP contribution in [0.5, 0.6) is 0 Å². The van der Waals surface area contributed by atoms with Crippen LogP contribution in [0.25, 0.3) is 6.08 Å². The molecule has 0 saturated heterocycles. The Kier molecular flexibility index (Phi) is 3.50. The summed E-state index contributed by atoms with van der Waals surface area (Å²) < 4.78 is 1.98. The Morgan fingerprint density at radius 2 is 1.86 bits per heavy atom. The molecule has 0 aliphatic heterocycles. The van der Waals surface area contributed by atoms with Crippen molar-refractivity contribution >= 4 is 6.08 Å². The third-order valence-electron chi connectivity index (χ3n) is 2.55. The first-order chi connectivity index (χ1) is 6.68. The molecule has 0 unspecified atom stereocenters. The average Bonchev–Trinajstić information content (AvgIpc) is 2.46. The highest BCUT2D eigenvalue weighted by Crippen LogP contribution is 2.25. The van der Waals surface area contributed by atoms with Gasteiger partial charge in [-0.05, 0) is 32.8 Å². The van der Waals surface area contributed by atoms with Crippen LogP contribution in [0, 0.1) is 6.92 Å². The van der Waals surface area contributed by atoms with Crippen LogP contribution in [0.1, 0.15) is 44.1 Å². The molecular formula is C12H20N2. The van der Waals surface area contributed by atoms with Gasteiger partial charge >= 0.3 is 0 Å². The minimum Gasteiger partial charge on any atom is -0.268 e. The van der Waals surface area contributed by atoms with Gasteiger partial charge in [0.25, 0.3) is 0 Å². The van der Waals surface area contributed by atoms with Crippen LogP contribution in [0.3, 0.4) is 0 Å². The van der Waals surface area contributed by atoms with Gasteiger partial charge in [-0.1, -0.05) is 19.4 Å². The molecule has 78 valence electrons. The van der Waals surface area contributed by atoms with Gasteiger partial charge < -0.3 is 0 Å². The van der Waals surface area contributed by atoms with E-state index in [0.29, 0.717) is 0 Å². The van der Waals surface area contributed by atoms with Crippen molar-refractivity contribution < 1.29 is 0 Å². The van der Waals surface area contributed by atoms with Crippen molar-refractivity contribution in [2.24, 2.45) is 7.05 Å². The Bertz CT molecular complexity index is 345. The largest absolute Gasteiger partial charge is 0.268 e. The molecule has 0 bridgehead atoms. The van der Waals surface area contributed by atoms with Gasteiger partial charge in [-0.3, -0.25) is 4.68 Å². The molecule has 0 aromatic carbocycles. The molecule has 0 radical (unpaired) electrons. The minimum atomic E-state index is 1.16. The maximum absolute atomic E-state index is 4.40. The van der Waals surface area contributed by atoms with Crippen LogP contribution in [0.15, 0.2) is 5.57 Å². The number of rotatable bonds is 0. The topological polar surface area (TPSA) is 17.8 Å². The van der Waals surface area contributed by atoms with E-state index < -0.39 is 0 Å². The lowest BCUT2D eigenvalue weighted by atomic mass is 9.97. The summed E-state index contributed by atoms with van der Waals surface area (Å²) in [5, 5.41) is 4.40. The van der Waals surface area contributed by atoms with E-state index in [9.17, 15) is 0 Å². The molecule has 1 heterocycles. The molecule has 14 heavy (non-hydrogen) atoms. The van der Waals surface area contributed by atoms with Crippen molar-refractivity contribution in [2.75, 3.05) is 0 Å². The summed E-state index contributed by atoms with van der Waals surface area (Å²) in [6, 6.07) is 0. The Morgan fingerprint density at radius 1 is 1.21 bits per heavy atom. The van der Waals surface area contributed by atoms with Crippen molar-refractivity contribution in [1.29, 1.82) is 0 Å². The zero-order valence-corrected chi connectivity index (χ0v) is 9.89. The molecule has 2 heteroatoms. The van der Waals surface area contributed by atoms with Crippen molar-refractivity contribution in [3.8, 4) is 0 Å². The molecule has 0 fully saturated rings. The highest BCUT2D eigenvalue weighted by Gasteiger charge is 2.14. The monoisotopic (exact) mass is 192 g/mol. The van der Waals surface area contributed by atoms with Gasteiger partial charge in [0.1, 0.15) is 0 Å². The highest BCUT2D eigenvalue weighted by atomic mass is 15.3. The first-order valence-corrected chi connectivity index (χ1v) is 5.38. The van der Waals surface area contributed by atoms with E-state index >= 15 is 0 Å². The molecule has 0 spiro atoms. The van der Waals surface area contributed by atoms with Crippen LogP contribution in [0.2, 0.25) is 0 Å². The summed E-state index contributed by atoms with van der Waals surface area (Å²) >= 11 is 0. The quantitative estimate of drug-likeness (QED) is 0.617. The highest BCUT2D eigenvalue weighted by molar-refractivity contribution is 5.56. The lowest BCUT2D eigenvalue weighted by molar-refractivity contribution is 0.746. The van der Waals surface area contributed by atoms with E-state index in [2.05, 4.69) is 25.0 Å². The number of allylic oxidation sites excluding steroid dienone is 1. The van der Waals surface area contributed by atoms with Gasteiger partial charge in [-0.25, -0.2) is 0 Å². The van der Waals surface area contributed by atoms with Crippen molar-refractivity contribution in [3.05, 3.63) is 22.5 Å². The fraction of sp³-hybridized carbons (Fsp3) is 0.583. The average molecular weight is 192 g/mol. The predicted molar refractivity (Wildman–Crippen MR) is 61.3 cm³/mol. The molecule has 1 aliphatic carbocycles. The van der Waals surface area contributed by atoms with Crippen LogP contribution in [-0.4, -0.2) is 9.78 Å². The fourth-order valence-corrected chi connectivity index (χ4v) is 1.84. The summed E-state index contributed by atoms with van der Waals surface area (Å²) in [4.78, 5) is 0. The first kappa shape index (κ1) is 11.0. The maximum Gasteiger partial charge on any atom is 0.0640 e. The molecule has 1 aromatic rings. The summed E-state index contributed by atoms with van der Waals surface area (Å²) in [6.45, 7) is 8.28. The third kappa shape index (κ3) is 1.89. The third-order valence-corrected chi connectivity index (χ3v) is 2.55. The van der Waals surface area contributed by atoms with E-state index in [1.165, 1.54) is 28.9 Å². The molecule has 0 amide bonds. The van der Waals surface area contributed by atoms with E-state index in [1.807, 2.05) is 25.6 Å². The smallest absolute Gasteiger partial charge is 0.0640 e. The normalized spacial score (nSPS) is 13.9. The second-order valence-electron chi connectivity index (χ2n) is 3.56. The van der Waals surface area contributed by atoms with E-state index in [-0.39, 0.29) is 0 Å². The van der Waals surface area contributed by atoms with Crippen LogP contribution < -0.4 is 0 Å². The van der Waals surface area contributed by atoms with Crippen molar-refractivity contribution in [3.63, 3.8) is 0 Å². The van der Waals surface area contributed by atoms with Crippen molar-refractivity contribution in [2.45, 2.75) is 40.5 Å². The summed E-state index contributed by atoms with van der Waals surface area (Å²) in [6.07, 6.45) is 4.61. The van der Waals surface area contributed by atoms with E-state index in [1.54, 1.807) is 0 Å². The number of hydrogen-bond acceptors (Lipinski definition) is 1. The standard InChI is InChI=1S/C10H14N2.C2H6/c1-7-4-5-9-8(2)11-12(3)10(9)6-7;1-2/h6H,4-5H2,1-3H3;1-2H3. The van der Waals surface area contributed by atoms with Gasteiger partial charge in [0.15, 0.2) is 0 Å². The number of aromatic nitrogens is 2. The summed E-state index contributed by atoms with van der Waals surface area (Å²) in [5.74, 6) is 0. The molecular weight excluding hydrogens is 172 g/mol. The van der Waals surface area contributed by atoms with Crippen molar-refractivity contribution in [1.82, 2.24) is 9.78 Å². The van der Waals surface area contributed by atoms with Crippen LogP contribution in [-0.2, 0) is 13.5 Å². The summed E-state index contributed by atoms with van der Waals surface area (Å²) in [5.41, 5.74) is 5.39. The van der Waals surface area contributed by atoms with E-state index in [4.69, 9.17) is 0 Å². The zero-order valence-electron chi connectivity index (χ0n) is 9.89. The predicted octanol–water partition coefficient (Wildman–Crippen LogP) is 3.10. The zero-order chi connectivity index (χ0) is 10.7. The molecule has 0 atom stereocenters. The number of nitrogens with zero attached hydrogens (tertiary/aromatic N) is 2. The SMILES string of the molecule is CC.CC1=Cc2c(c(C)nn2C)CC1. The summed E-state index contributed by atoms with van der Waals surface area (Å²) in [7, 11) is 2.01. The fourth-order valence-electron chi connectivity index (χ4n) is 1.84. The number of hydrogen-bond donors (Lipinski definition) is 0. The number of aryl methyl sites for hydroxylation is 2. The van der Waals surface area contributed by atoms with Gasteiger partial charge in [-0.15, -0.1) is 0 Å². The minimum absolute atomic E-state index is 1.16. The lowest BCUT2D eigenvalue weighted by Gasteiger charge is -2.10. The van der Waals surface area contributed by atoms with E-state index in [0.717, 1.165) is 6.42 Å². The van der Waals surface area contributed by atoms with Gasteiger partial charge in [0, 0.05) is 12.6 Å². The molecule has 2 nitrogen and oxygen atoms in total. The molecule has 0 saturated carbocycles. The Balaban J connectivity index is 0.000000461. The first-order valence-electron chi connectivity index (χ1n) is 5.38. The number of fused-ring (bicyclic) bond motifs is 1. The lowest BCUT2D eigenvalue weighted by Crippen LogP contribution is -2.00. The second-order valence-corrected chi connectivity index (χ2v) is 3.56. The molecule has 2 rings (SSSR count). The molecule has 0 N–H and O–H groups in total. The van der Waals surface area contributed by atoms with Gasteiger partial charge in [0.2, 0.25) is 0 Å². The Labute approximate surface area is 86.6 Å². The molecule has 1 aromatic heterocycles. The van der Waals surface area contributed by atoms with Crippen LogP contribution in [0.4, 0.5) is 0 Å². The Morgan fingerprint density at radius 3 is 2.50 bits per heavy atom. The van der Waals surface area contributed by atoms with Crippen LogP contribution >= 0.6 is 0 Å². The second kappa shape index (κ2) is 4.45. The van der Waals surface area contributed by atoms with Gasteiger partial charge in [0.05, 0.1) is 11.4 Å². The maximum atomic E-state index is 4.40.